The lowest BCUT2D eigenvalue weighted by Crippen LogP contribution is -2.53. The van der Waals surface area contributed by atoms with Crippen molar-refractivity contribution in [3.05, 3.63) is 80.8 Å². The summed E-state index contributed by atoms with van der Waals surface area (Å²) in [6, 6.07) is 15.3. The molecule has 0 bridgehead atoms. The number of hydrogen-bond acceptors (Lipinski definition) is 5. The van der Waals surface area contributed by atoms with E-state index in [1.165, 1.54) is 6.07 Å². The summed E-state index contributed by atoms with van der Waals surface area (Å²) < 4.78 is 5.25. The molecule has 0 saturated heterocycles. The molecule has 1 aliphatic rings. The maximum atomic E-state index is 13.4. The van der Waals surface area contributed by atoms with E-state index in [1.54, 1.807) is 49.6 Å². The van der Waals surface area contributed by atoms with Gasteiger partial charge < -0.3 is 26.0 Å². The Hall–Kier alpha value is -2.97. The molecule has 0 aromatic heterocycles. The standard InChI is InChI=1S/C25H23Cl3N4O3/c1-14-3-5-16(12-20(14)28)30-24(34)25(9-10-35-2)31-21-8-6-17(13-22(21)32-25)29-23(33)18-11-15(26)4-7-19(18)27/h3-8,11-13,31-32H,9-10H2,1-2H3,(H,29,33)(H,30,34). The second-order valence-corrected chi connectivity index (χ2v) is 9.41. The Labute approximate surface area is 218 Å². The second-order valence-electron chi connectivity index (χ2n) is 8.15. The molecule has 3 aromatic carbocycles. The number of methoxy groups -OCH3 is 1. The van der Waals surface area contributed by atoms with Crippen molar-refractivity contribution < 1.29 is 14.3 Å². The van der Waals surface area contributed by atoms with Crippen molar-refractivity contribution in [2.24, 2.45) is 0 Å². The van der Waals surface area contributed by atoms with Crippen LogP contribution < -0.4 is 21.3 Å². The molecule has 1 aliphatic heterocycles. The van der Waals surface area contributed by atoms with Crippen molar-refractivity contribution in [3.8, 4) is 0 Å². The van der Waals surface area contributed by atoms with Gasteiger partial charge in [-0.3, -0.25) is 9.59 Å². The van der Waals surface area contributed by atoms with Gasteiger partial charge >= 0.3 is 0 Å². The number of amides is 2. The molecule has 0 fully saturated rings. The number of nitrogens with one attached hydrogen (secondary N) is 4. The molecule has 1 heterocycles. The predicted octanol–water partition coefficient (Wildman–Crippen LogP) is 6.42. The lowest BCUT2D eigenvalue weighted by molar-refractivity contribution is -0.120. The summed E-state index contributed by atoms with van der Waals surface area (Å²) >= 11 is 18.4. The third kappa shape index (κ3) is 5.49. The van der Waals surface area contributed by atoms with Crippen LogP contribution in [0.4, 0.5) is 22.7 Å². The van der Waals surface area contributed by atoms with Crippen molar-refractivity contribution in [3.63, 3.8) is 0 Å². The minimum atomic E-state index is -1.17. The molecule has 35 heavy (non-hydrogen) atoms. The molecule has 182 valence electrons. The molecule has 7 nitrogen and oxygen atoms in total. The van der Waals surface area contributed by atoms with Crippen LogP contribution in [0.15, 0.2) is 54.6 Å². The summed E-state index contributed by atoms with van der Waals surface area (Å²) in [7, 11) is 1.57. The SMILES string of the molecule is COCCC1(C(=O)Nc2ccc(C)c(Cl)c2)Nc2ccc(NC(=O)c3cc(Cl)ccc3Cl)cc2N1. The largest absolute Gasteiger partial charge is 0.385 e. The monoisotopic (exact) mass is 532 g/mol. The lowest BCUT2D eigenvalue weighted by Gasteiger charge is -2.29. The van der Waals surface area contributed by atoms with Gasteiger partial charge in [0.2, 0.25) is 0 Å². The highest BCUT2D eigenvalue weighted by Gasteiger charge is 2.43. The van der Waals surface area contributed by atoms with Crippen molar-refractivity contribution in [1.82, 2.24) is 0 Å². The molecule has 4 N–H and O–H groups in total. The van der Waals surface area contributed by atoms with Gasteiger partial charge in [0.1, 0.15) is 0 Å². The van der Waals surface area contributed by atoms with E-state index in [-0.39, 0.29) is 11.5 Å². The Morgan fingerprint density at radius 3 is 2.34 bits per heavy atom. The smallest absolute Gasteiger partial charge is 0.270 e. The molecule has 1 atom stereocenters. The molecule has 0 radical (unpaired) electrons. The van der Waals surface area contributed by atoms with Crippen LogP contribution in [-0.4, -0.2) is 31.2 Å². The average molecular weight is 534 g/mol. The number of rotatable bonds is 7. The van der Waals surface area contributed by atoms with E-state index in [4.69, 9.17) is 39.5 Å². The fourth-order valence-corrected chi connectivity index (χ4v) is 4.27. The fourth-order valence-electron chi connectivity index (χ4n) is 3.71. The Balaban J connectivity index is 1.55. The van der Waals surface area contributed by atoms with Crippen LogP contribution in [0.2, 0.25) is 15.1 Å². The van der Waals surface area contributed by atoms with Gasteiger partial charge in [0.15, 0.2) is 5.66 Å². The zero-order chi connectivity index (χ0) is 25.2. The lowest BCUT2D eigenvalue weighted by atomic mass is 10.1. The fraction of sp³-hybridized carbons (Fsp3) is 0.200. The number of carbonyl (C=O) groups is 2. The molecule has 2 amide bonds. The summed E-state index contributed by atoms with van der Waals surface area (Å²) in [4.78, 5) is 26.1. The number of benzene rings is 3. The minimum absolute atomic E-state index is 0.260. The molecular weight excluding hydrogens is 511 g/mol. The third-order valence-electron chi connectivity index (χ3n) is 5.65. The Morgan fingerprint density at radius 1 is 0.886 bits per heavy atom. The first-order valence-electron chi connectivity index (χ1n) is 10.7. The van der Waals surface area contributed by atoms with Crippen molar-refractivity contribution >= 4 is 69.4 Å². The normalized spacial score (nSPS) is 16.1. The average Bonchev–Trinajstić information content (AvgIpc) is 3.20. The summed E-state index contributed by atoms with van der Waals surface area (Å²) in [6.45, 7) is 2.22. The summed E-state index contributed by atoms with van der Waals surface area (Å²) in [6.07, 6.45) is 0.337. The molecule has 0 spiro atoms. The number of hydrogen-bond donors (Lipinski definition) is 4. The summed E-state index contributed by atoms with van der Waals surface area (Å²) in [5.74, 6) is -0.704. The first-order chi connectivity index (χ1) is 16.7. The zero-order valence-corrected chi connectivity index (χ0v) is 21.2. The Bertz CT molecular complexity index is 1300. The first kappa shape index (κ1) is 25.1. The van der Waals surface area contributed by atoms with E-state index in [9.17, 15) is 9.59 Å². The van der Waals surface area contributed by atoms with E-state index in [2.05, 4.69) is 21.3 Å². The minimum Gasteiger partial charge on any atom is -0.385 e. The molecule has 0 aliphatic carbocycles. The number of carbonyl (C=O) groups excluding carboxylic acids is 2. The van der Waals surface area contributed by atoms with Crippen molar-refractivity contribution in [1.29, 1.82) is 0 Å². The van der Waals surface area contributed by atoms with Crippen LogP contribution in [0.3, 0.4) is 0 Å². The first-order valence-corrected chi connectivity index (χ1v) is 11.9. The van der Waals surface area contributed by atoms with Gasteiger partial charge in [-0.25, -0.2) is 0 Å². The topological polar surface area (TPSA) is 91.5 Å². The van der Waals surface area contributed by atoms with E-state index in [0.29, 0.717) is 50.8 Å². The molecule has 4 rings (SSSR count). The van der Waals surface area contributed by atoms with Gasteiger partial charge in [0.05, 0.1) is 28.6 Å². The summed E-state index contributed by atoms with van der Waals surface area (Å²) in [5, 5.41) is 13.5. The quantitative estimate of drug-likeness (QED) is 0.281. The van der Waals surface area contributed by atoms with Crippen LogP contribution in [0.5, 0.6) is 0 Å². The second kappa shape index (κ2) is 10.3. The molecule has 0 saturated carbocycles. The highest BCUT2D eigenvalue weighted by atomic mass is 35.5. The summed E-state index contributed by atoms with van der Waals surface area (Å²) in [5.41, 5.74) is 2.45. The molecular formula is C25H23Cl3N4O3. The third-order valence-corrected chi connectivity index (χ3v) is 6.62. The van der Waals surface area contributed by atoms with Gasteiger partial charge in [0, 0.05) is 35.0 Å². The Kier molecular flexibility index (Phi) is 7.42. The molecule has 10 heteroatoms. The number of ether oxygens (including phenoxy) is 1. The van der Waals surface area contributed by atoms with Crippen LogP contribution in [0, 0.1) is 6.92 Å². The van der Waals surface area contributed by atoms with Gasteiger partial charge in [-0.1, -0.05) is 40.9 Å². The van der Waals surface area contributed by atoms with E-state index in [0.717, 1.165) is 5.56 Å². The maximum absolute atomic E-state index is 13.4. The van der Waals surface area contributed by atoms with E-state index in [1.807, 2.05) is 13.0 Å². The van der Waals surface area contributed by atoms with Crippen LogP contribution >= 0.6 is 34.8 Å². The Morgan fingerprint density at radius 2 is 1.60 bits per heavy atom. The van der Waals surface area contributed by atoms with Gasteiger partial charge in [-0.05, 0) is 61.0 Å². The van der Waals surface area contributed by atoms with Crippen molar-refractivity contribution in [2.75, 3.05) is 35.0 Å². The number of fused-ring (bicyclic) bond motifs is 1. The molecule has 3 aromatic rings. The number of anilines is 4. The zero-order valence-electron chi connectivity index (χ0n) is 19.0. The van der Waals surface area contributed by atoms with Crippen LogP contribution in [-0.2, 0) is 9.53 Å². The number of halogens is 3. The molecule has 1 unspecified atom stereocenters. The van der Waals surface area contributed by atoms with Crippen LogP contribution in [0.1, 0.15) is 22.3 Å². The van der Waals surface area contributed by atoms with Gasteiger partial charge in [-0.2, -0.15) is 0 Å². The van der Waals surface area contributed by atoms with Crippen molar-refractivity contribution in [2.45, 2.75) is 19.0 Å². The highest BCUT2D eigenvalue weighted by molar-refractivity contribution is 6.36. The van der Waals surface area contributed by atoms with Gasteiger partial charge in [-0.15, -0.1) is 0 Å². The van der Waals surface area contributed by atoms with E-state index >= 15 is 0 Å². The maximum Gasteiger partial charge on any atom is 0.270 e. The highest BCUT2D eigenvalue weighted by Crippen LogP contribution is 2.38. The van der Waals surface area contributed by atoms with Crippen LogP contribution in [0.25, 0.3) is 0 Å². The number of aryl methyl sites for hydroxylation is 1. The predicted molar refractivity (Wildman–Crippen MR) is 142 cm³/mol. The van der Waals surface area contributed by atoms with Gasteiger partial charge in [0.25, 0.3) is 11.8 Å². The van der Waals surface area contributed by atoms with E-state index < -0.39 is 11.6 Å².